The Morgan fingerprint density at radius 2 is 1.83 bits per heavy atom. The zero-order valence-electron chi connectivity index (χ0n) is 6.51. The number of hydrogen-bond acceptors (Lipinski definition) is 2. The first-order valence-corrected chi connectivity index (χ1v) is 3.50. The zero-order chi connectivity index (χ0) is 9.14. The van der Waals surface area contributed by atoms with Gasteiger partial charge in [-0.2, -0.15) is 5.48 Å². The van der Waals surface area contributed by atoms with Crippen LogP contribution in [0.2, 0.25) is 0 Å². The highest BCUT2D eigenvalue weighted by molar-refractivity contribution is 5.22. The molecule has 0 aliphatic heterocycles. The van der Waals surface area contributed by atoms with E-state index in [0.29, 0.717) is 0 Å². The molecule has 1 aromatic carbocycles. The lowest BCUT2D eigenvalue weighted by atomic mass is 10.1. The van der Waals surface area contributed by atoms with Crippen LogP contribution in [-0.4, -0.2) is 5.21 Å². The fourth-order valence-electron chi connectivity index (χ4n) is 0.989. The van der Waals surface area contributed by atoms with Gasteiger partial charge >= 0.3 is 0 Å². The summed E-state index contributed by atoms with van der Waals surface area (Å²) in [5.41, 5.74) is 1.63. The Labute approximate surface area is 68.8 Å². The average molecular weight is 173 g/mol. The molecule has 0 saturated heterocycles. The molecule has 1 rings (SSSR count). The molecule has 0 amide bonds. The molecular formula is C8H9F2NO. The number of hydrogen-bond donors (Lipinski definition) is 2. The lowest BCUT2D eigenvalue weighted by Crippen LogP contribution is -2.16. The minimum atomic E-state index is -0.744. The number of benzene rings is 1. The molecule has 0 aliphatic rings. The summed E-state index contributed by atoms with van der Waals surface area (Å²) in [7, 11) is 0. The van der Waals surface area contributed by atoms with Gasteiger partial charge in [0.15, 0.2) is 0 Å². The average Bonchev–Trinajstić information content (AvgIpc) is 2.03. The van der Waals surface area contributed by atoms with Gasteiger partial charge in [-0.1, -0.05) is 6.07 Å². The van der Waals surface area contributed by atoms with Crippen molar-refractivity contribution in [2.45, 2.75) is 13.0 Å². The largest absolute Gasteiger partial charge is 0.316 e. The highest BCUT2D eigenvalue weighted by Crippen LogP contribution is 2.19. The Morgan fingerprint density at radius 1 is 1.33 bits per heavy atom. The third-order valence-corrected chi connectivity index (χ3v) is 1.63. The molecule has 12 heavy (non-hydrogen) atoms. The maximum atomic E-state index is 12.9. The van der Waals surface area contributed by atoms with Crippen molar-refractivity contribution in [1.82, 2.24) is 5.48 Å². The summed E-state index contributed by atoms with van der Waals surface area (Å²) in [6.07, 6.45) is 0. The lowest BCUT2D eigenvalue weighted by Gasteiger charge is -2.10. The van der Waals surface area contributed by atoms with Gasteiger partial charge in [0.2, 0.25) is 0 Å². The van der Waals surface area contributed by atoms with Crippen LogP contribution in [0.1, 0.15) is 18.5 Å². The van der Waals surface area contributed by atoms with E-state index in [1.807, 2.05) is 0 Å². The van der Waals surface area contributed by atoms with E-state index >= 15 is 0 Å². The molecule has 2 N–H and O–H groups in total. The van der Waals surface area contributed by atoms with Gasteiger partial charge in [-0.05, 0) is 19.1 Å². The van der Waals surface area contributed by atoms with Gasteiger partial charge in [0, 0.05) is 5.56 Å². The summed E-state index contributed by atoms with van der Waals surface area (Å²) in [4.78, 5) is 0. The first-order chi connectivity index (χ1) is 5.66. The highest BCUT2D eigenvalue weighted by atomic mass is 19.1. The maximum absolute atomic E-state index is 12.9. The SMILES string of the molecule is CC(NO)c1c(F)cccc1F. The minimum absolute atomic E-state index is 0.153. The molecule has 0 saturated carbocycles. The number of rotatable bonds is 2. The quantitative estimate of drug-likeness (QED) is 0.670. The second-order valence-electron chi connectivity index (χ2n) is 2.49. The monoisotopic (exact) mass is 173 g/mol. The van der Waals surface area contributed by atoms with E-state index in [1.54, 1.807) is 5.48 Å². The van der Waals surface area contributed by atoms with Crippen molar-refractivity contribution in [3.05, 3.63) is 35.4 Å². The molecule has 0 fully saturated rings. The predicted molar refractivity (Wildman–Crippen MR) is 39.7 cm³/mol. The van der Waals surface area contributed by atoms with Gasteiger partial charge in [-0.3, -0.25) is 0 Å². The van der Waals surface area contributed by atoms with Crippen LogP contribution >= 0.6 is 0 Å². The van der Waals surface area contributed by atoms with Gasteiger partial charge in [0.1, 0.15) is 11.6 Å². The van der Waals surface area contributed by atoms with Crippen molar-refractivity contribution in [2.24, 2.45) is 0 Å². The Hall–Kier alpha value is -1.00. The van der Waals surface area contributed by atoms with E-state index in [1.165, 1.54) is 13.0 Å². The molecule has 1 aromatic rings. The lowest BCUT2D eigenvalue weighted by molar-refractivity contribution is 0.130. The van der Waals surface area contributed by atoms with E-state index in [0.717, 1.165) is 12.1 Å². The van der Waals surface area contributed by atoms with Crippen molar-refractivity contribution < 1.29 is 14.0 Å². The van der Waals surface area contributed by atoms with Crippen LogP contribution in [0.25, 0.3) is 0 Å². The molecule has 0 bridgehead atoms. The van der Waals surface area contributed by atoms with Crippen molar-refractivity contribution in [3.63, 3.8) is 0 Å². The van der Waals surface area contributed by atoms with Crippen LogP contribution in [0.15, 0.2) is 18.2 Å². The topological polar surface area (TPSA) is 32.3 Å². The second kappa shape index (κ2) is 3.60. The van der Waals surface area contributed by atoms with Crippen LogP contribution < -0.4 is 5.48 Å². The van der Waals surface area contributed by atoms with Crippen LogP contribution in [0.3, 0.4) is 0 Å². The summed E-state index contributed by atoms with van der Waals surface area (Å²) in [6, 6.07) is 2.82. The van der Waals surface area contributed by atoms with Crippen molar-refractivity contribution >= 4 is 0 Å². The summed E-state index contributed by atoms with van der Waals surface area (Å²) < 4.78 is 25.8. The summed E-state index contributed by atoms with van der Waals surface area (Å²) in [5, 5.41) is 8.45. The number of halogens is 2. The third-order valence-electron chi connectivity index (χ3n) is 1.63. The van der Waals surface area contributed by atoms with Gasteiger partial charge < -0.3 is 5.21 Å². The second-order valence-corrected chi connectivity index (χ2v) is 2.49. The zero-order valence-corrected chi connectivity index (χ0v) is 6.51. The molecule has 0 radical (unpaired) electrons. The van der Waals surface area contributed by atoms with Crippen molar-refractivity contribution in [3.8, 4) is 0 Å². The molecular weight excluding hydrogens is 164 g/mol. The molecule has 0 spiro atoms. The molecule has 0 aromatic heterocycles. The third kappa shape index (κ3) is 1.60. The van der Waals surface area contributed by atoms with E-state index in [4.69, 9.17) is 5.21 Å². The highest BCUT2D eigenvalue weighted by Gasteiger charge is 2.14. The van der Waals surface area contributed by atoms with Gasteiger partial charge in [-0.25, -0.2) is 8.78 Å². The molecule has 0 aliphatic carbocycles. The van der Waals surface area contributed by atoms with Crippen LogP contribution in [0, 0.1) is 11.6 Å². The van der Waals surface area contributed by atoms with E-state index in [-0.39, 0.29) is 5.56 Å². The molecule has 66 valence electrons. The van der Waals surface area contributed by atoms with E-state index in [2.05, 4.69) is 0 Å². The molecule has 2 nitrogen and oxygen atoms in total. The van der Waals surface area contributed by atoms with Gasteiger partial charge in [0.05, 0.1) is 6.04 Å². The smallest absolute Gasteiger partial charge is 0.130 e. The Morgan fingerprint density at radius 3 is 2.25 bits per heavy atom. The first kappa shape index (κ1) is 9.09. The number of nitrogens with one attached hydrogen (secondary N) is 1. The number of hydroxylamine groups is 1. The minimum Gasteiger partial charge on any atom is -0.316 e. The summed E-state index contributed by atoms with van der Waals surface area (Å²) >= 11 is 0. The van der Waals surface area contributed by atoms with E-state index < -0.39 is 17.7 Å². The fourth-order valence-corrected chi connectivity index (χ4v) is 0.989. The Balaban J connectivity index is 3.12. The van der Waals surface area contributed by atoms with Gasteiger partial charge in [-0.15, -0.1) is 0 Å². The summed E-state index contributed by atoms with van der Waals surface area (Å²) in [5.74, 6) is -1.33. The van der Waals surface area contributed by atoms with Crippen molar-refractivity contribution in [1.29, 1.82) is 0 Å². The van der Waals surface area contributed by atoms with Gasteiger partial charge in [0.25, 0.3) is 0 Å². The molecule has 1 unspecified atom stereocenters. The maximum Gasteiger partial charge on any atom is 0.130 e. The van der Waals surface area contributed by atoms with Crippen LogP contribution in [-0.2, 0) is 0 Å². The predicted octanol–water partition coefficient (Wildman–Crippen LogP) is 2.00. The normalized spacial score (nSPS) is 13.0. The first-order valence-electron chi connectivity index (χ1n) is 3.50. The van der Waals surface area contributed by atoms with Crippen LogP contribution in [0.5, 0.6) is 0 Å². The standard InChI is InChI=1S/C8H9F2NO/c1-5(11-12)8-6(9)3-2-4-7(8)10/h2-5,11-12H,1H3. The van der Waals surface area contributed by atoms with E-state index in [9.17, 15) is 8.78 Å². The Bertz CT molecular complexity index is 258. The summed E-state index contributed by atoms with van der Waals surface area (Å²) in [6.45, 7) is 1.46. The molecule has 1 atom stereocenters. The fraction of sp³-hybridized carbons (Fsp3) is 0.250. The van der Waals surface area contributed by atoms with Crippen molar-refractivity contribution in [2.75, 3.05) is 0 Å². The van der Waals surface area contributed by atoms with Crippen LogP contribution in [0.4, 0.5) is 8.78 Å². The molecule has 4 heteroatoms. The Kier molecular flexibility index (Phi) is 2.73. The molecule has 0 heterocycles.